The van der Waals surface area contributed by atoms with Gasteiger partial charge in [0, 0.05) is 44.4 Å². The van der Waals surface area contributed by atoms with Crippen molar-refractivity contribution in [3.05, 3.63) is 182 Å². The number of rotatable bonds is 4. The van der Waals surface area contributed by atoms with Gasteiger partial charge in [-0.25, -0.2) is 0 Å². The molecule has 0 saturated heterocycles. The Morgan fingerprint density at radius 3 is 1.53 bits per heavy atom. The molecule has 0 radical (unpaired) electrons. The van der Waals surface area contributed by atoms with Crippen LogP contribution in [0.15, 0.2) is 186 Å². The molecule has 0 saturated carbocycles. The summed E-state index contributed by atoms with van der Waals surface area (Å²) in [5.41, 5.74) is 13.4. The molecule has 3 heteroatoms. The third-order valence-electron chi connectivity index (χ3n) is 10.5. The highest BCUT2D eigenvalue weighted by molar-refractivity contribution is 6.25. The predicted molar refractivity (Wildman–Crippen MR) is 213 cm³/mol. The SMILES string of the molecule is c1ccc(-c2cccc(-n3c4ccccc4c4cc5c(cc43)oc3c5ccc4c3c3ccccc3n4-c3cccc(-c4ccccc4)c3)c2)cc1. The largest absolute Gasteiger partial charge is 0.455 e. The van der Waals surface area contributed by atoms with Gasteiger partial charge in [-0.2, -0.15) is 0 Å². The van der Waals surface area contributed by atoms with Crippen LogP contribution in [0.2, 0.25) is 0 Å². The zero-order valence-corrected chi connectivity index (χ0v) is 27.6. The smallest absolute Gasteiger partial charge is 0.145 e. The first-order valence-electron chi connectivity index (χ1n) is 17.4. The first kappa shape index (κ1) is 28.0. The highest BCUT2D eigenvalue weighted by Gasteiger charge is 2.21. The fraction of sp³-hybridized carbons (Fsp3) is 0. The fourth-order valence-electron chi connectivity index (χ4n) is 8.21. The van der Waals surface area contributed by atoms with Crippen molar-refractivity contribution in [2.45, 2.75) is 0 Å². The average molecular weight is 651 g/mol. The van der Waals surface area contributed by atoms with Crippen molar-refractivity contribution in [2.75, 3.05) is 0 Å². The Bertz CT molecular complexity index is 3130. The number of hydrogen-bond acceptors (Lipinski definition) is 1. The van der Waals surface area contributed by atoms with Crippen LogP contribution in [0.1, 0.15) is 0 Å². The molecule has 0 N–H and O–H groups in total. The third-order valence-corrected chi connectivity index (χ3v) is 10.5. The Balaban J connectivity index is 1.17. The number of hydrogen-bond donors (Lipinski definition) is 0. The molecule has 0 aliphatic carbocycles. The van der Waals surface area contributed by atoms with Crippen molar-refractivity contribution in [1.82, 2.24) is 9.13 Å². The molecule has 0 atom stereocenters. The summed E-state index contributed by atoms with van der Waals surface area (Å²) in [5, 5.41) is 7.01. The molecule has 51 heavy (non-hydrogen) atoms. The summed E-state index contributed by atoms with van der Waals surface area (Å²) >= 11 is 0. The highest BCUT2D eigenvalue weighted by atomic mass is 16.3. The van der Waals surface area contributed by atoms with E-state index < -0.39 is 0 Å². The summed E-state index contributed by atoms with van der Waals surface area (Å²) in [6.07, 6.45) is 0. The van der Waals surface area contributed by atoms with Crippen LogP contribution in [0.5, 0.6) is 0 Å². The maximum Gasteiger partial charge on any atom is 0.145 e. The van der Waals surface area contributed by atoms with Gasteiger partial charge < -0.3 is 13.6 Å². The van der Waals surface area contributed by atoms with Gasteiger partial charge in [-0.15, -0.1) is 0 Å². The third kappa shape index (κ3) is 4.19. The van der Waals surface area contributed by atoms with E-state index in [0.717, 1.165) is 55.2 Å². The number of fused-ring (bicyclic) bond motifs is 10. The number of furan rings is 1. The minimum atomic E-state index is 0.885. The minimum absolute atomic E-state index is 0.885. The summed E-state index contributed by atoms with van der Waals surface area (Å²) in [6.45, 7) is 0. The molecule has 238 valence electrons. The highest BCUT2D eigenvalue weighted by Crippen LogP contribution is 2.43. The molecule has 8 aromatic carbocycles. The second kappa shape index (κ2) is 10.8. The van der Waals surface area contributed by atoms with Crippen molar-refractivity contribution in [1.29, 1.82) is 0 Å². The van der Waals surface area contributed by atoms with Gasteiger partial charge in [0.15, 0.2) is 0 Å². The van der Waals surface area contributed by atoms with Crippen LogP contribution in [0.3, 0.4) is 0 Å². The van der Waals surface area contributed by atoms with E-state index in [4.69, 9.17) is 4.42 Å². The molecule has 0 bridgehead atoms. The lowest BCUT2D eigenvalue weighted by Crippen LogP contribution is -1.94. The molecular weight excluding hydrogens is 621 g/mol. The maximum absolute atomic E-state index is 6.98. The molecule has 0 fully saturated rings. The summed E-state index contributed by atoms with van der Waals surface area (Å²) < 4.78 is 11.7. The van der Waals surface area contributed by atoms with Gasteiger partial charge >= 0.3 is 0 Å². The van der Waals surface area contributed by atoms with Gasteiger partial charge in [0.05, 0.1) is 27.5 Å². The number of nitrogens with zero attached hydrogens (tertiary/aromatic N) is 2. The van der Waals surface area contributed by atoms with Gasteiger partial charge in [0.1, 0.15) is 11.2 Å². The van der Waals surface area contributed by atoms with Crippen molar-refractivity contribution < 1.29 is 4.42 Å². The van der Waals surface area contributed by atoms with Crippen molar-refractivity contribution in [3.63, 3.8) is 0 Å². The van der Waals surface area contributed by atoms with Gasteiger partial charge in [0.2, 0.25) is 0 Å². The Morgan fingerprint density at radius 1 is 0.314 bits per heavy atom. The summed E-state index contributed by atoms with van der Waals surface area (Å²) in [4.78, 5) is 0. The topological polar surface area (TPSA) is 23.0 Å². The number of para-hydroxylation sites is 2. The van der Waals surface area contributed by atoms with Gasteiger partial charge in [-0.1, -0.05) is 121 Å². The van der Waals surface area contributed by atoms with Gasteiger partial charge in [-0.05, 0) is 76.9 Å². The molecule has 0 amide bonds. The van der Waals surface area contributed by atoms with Crippen LogP contribution in [0.4, 0.5) is 0 Å². The zero-order chi connectivity index (χ0) is 33.5. The average Bonchev–Trinajstić information content (AvgIpc) is 3.85. The molecule has 0 aliphatic rings. The Hall–Kier alpha value is -6.84. The Labute approximate surface area is 293 Å². The van der Waals surface area contributed by atoms with E-state index in [2.05, 4.69) is 191 Å². The van der Waals surface area contributed by atoms with E-state index in [0.29, 0.717) is 0 Å². The van der Waals surface area contributed by atoms with Crippen molar-refractivity contribution in [2.24, 2.45) is 0 Å². The first-order chi connectivity index (χ1) is 25.3. The molecule has 3 heterocycles. The van der Waals surface area contributed by atoms with E-state index in [1.807, 2.05) is 0 Å². The second-order valence-corrected chi connectivity index (χ2v) is 13.3. The van der Waals surface area contributed by atoms with Crippen molar-refractivity contribution >= 4 is 65.6 Å². The first-order valence-corrected chi connectivity index (χ1v) is 17.4. The molecule has 11 rings (SSSR count). The maximum atomic E-state index is 6.98. The van der Waals surface area contributed by atoms with E-state index in [1.54, 1.807) is 0 Å². The lowest BCUT2D eigenvalue weighted by atomic mass is 10.0. The summed E-state index contributed by atoms with van der Waals surface area (Å²) in [7, 11) is 0. The molecule has 3 nitrogen and oxygen atoms in total. The standard InChI is InChI=1S/C48H30N2O/c1-3-13-31(14-4-1)33-17-11-19-35(27-33)49-43-24-10-8-22-39(43)47-44(49)26-25-38-41-29-40-37-21-7-9-23-42(37)50(45(40)30-46(41)51-48(38)47)36-20-12-18-34(28-36)32-15-5-2-6-16-32/h1-30H. The van der Waals surface area contributed by atoms with Crippen LogP contribution in [0.25, 0.3) is 99.2 Å². The molecule has 0 spiro atoms. The van der Waals surface area contributed by atoms with E-state index in [9.17, 15) is 0 Å². The van der Waals surface area contributed by atoms with E-state index in [1.165, 1.54) is 43.9 Å². The molecule has 3 aromatic heterocycles. The minimum Gasteiger partial charge on any atom is -0.455 e. The van der Waals surface area contributed by atoms with E-state index in [-0.39, 0.29) is 0 Å². The van der Waals surface area contributed by atoms with Crippen LogP contribution < -0.4 is 0 Å². The Morgan fingerprint density at radius 2 is 0.863 bits per heavy atom. The fourth-order valence-corrected chi connectivity index (χ4v) is 8.21. The number of benzene rings is 8. The van der Waals surface area contributed by atoms with Crippen LogP contribution in [0, 0.1) is 0 Å². The zero-order valence-electron chi connectivity index (χ0n) is 27.6. The molecule has 0 aliphatic heterocycles. The van der Waals surface area contributed by atoms with Crippen molar-refractivity contribution in [3.8, 4) is 33.6 Å². The molecule has 0 unspecified atom stereocenters. The predicted octanol–water partition coefficient (Wildman–Crippen LogP) is 13.1. The van der Waals surface area contributed by atoms with Crippen LogP contribution in [-0.4, -0.2) is 9.13 Å². The Kier molecular flexibility index (Phi) is 5.96. The number of aromatic nitrogens is 2. The molecular formula is C48H30N2O. The van der Waals surface area contributed by atoms with E-state index >= 15 is 0 Å². The van der Waals surface area contributed by atoms with Gasteiger partial charge in [0.25, 0.3) is 0 Å². The monoisotopic (exact) mass is 650 g/mol. The quantitative estimate of drug-likeness (QED) is 0.186. The lowest BCUT2D eigenvalue weighted by molar-refractivity contribution is 0.673. The second-order valence-electron chi connectivity index (χ2n) is 13.3. The van der Waals surface area contributed by atoms with Gasteiger partial charge in [-0.3, -0.25) is 0 Å². The summed E-state index contributed by atoms with van der Waals surface area (Å²) in [5.74, 6) is 0. The normalized spacial score (nSPS) is 11.9. The summed E-state index contributed by atoms with van der Waals surface area (Å²) in [6, 6.07) is 65.3. The molecule has 11 aromatic rings. The van der Waals surface area contributed by atoms with Crippen LogP contribution in [-0.2, 0) is 0 Å². The lowest BCUT2D eigenvalue weighted by Gasteiger charge is -2.10. The van der Waals surface area contributed by atoms with Crippen LogP contribution >= 0.6 is 0 Å².